The molecule has 1 saturated heterocycles. The first-order chi connectivity index (χ1) is 15.2. The Morgan fingerprint density at radius 2 is 1.59 bits per heavy atom. The zero-order chi connectivity index (χ0) is 23.3. The molecule has 1 aliphatic carbocycles. The molecule has 5 unspecified atom stereocenters. The third-order valence-electron chi connectivity index (χ3n) is 5.59. The highest BCUT2D eigenvalue weighted by Crippen LogP contribution is 2.42. The lowest BCUT2D eigenvalue weighted by atomic mass is 9.82. The summed E-state index contributed by atoms with van der Waals surface area (Å²) in [4.78, 5) is 25.7. The predicted molar refractivity (Wildman–Crippen MR) is 103 cm³/mol. The highest BCUT2D eigenvalue weighted by molar-refractivity contribution is 6.30. The summed E-state index contributed by atoms with van der Waals surface area (Å²) in [6.45, 7) is -1.21. The van der Waals surface area contributed by atoms with E-state index in [-0.39, 0.29) is 22.3 Å². The van der Waals surface area contributed by atoms with Crippen molar-refractivity contribution in [3.8, 4) is 17.2 Å². The van der Waals surface area contributed by atoms with Crippen molar-refractivity contribution in [1.82, 2.24) is 0 Å². The van der Waals surface area contributed by atoms with Gasteiger partial charge in [0.1, 0.15) is 30.2 Å². The molecule has 5 atom stereocenters. The van der Waals surface area contributed by atoms with E-state index in [1.807, 2.05) is 0 Å². The Bertz CT molecular complexity index is 1090. The van der Waals surface area contributed by atoms with Gasteiger partial charge < -0.3 is 45.2 Å². The van der Waals surface area contributed by atoms with Gasteiger partial charge in [-0.05, 0) is 12.1 Å². The summed E-state index contributed by atoms with van der Waals surface area (Å²) in [5.41, 5.74) is -1.20. The van der Waals surface area contributed by atoms with E-state index in [0.717, 1.165) is 6.07 Å². The summed E-state index contributed by atoms with van der Waals surface area (Å²) in [7, 11) is 0. The number of aliphatic hydroxyl groups excluding tert-OH is 4. The number of aromatic hydroxyl groups is 3. The molecule has 0 bridgehead atoms. The first kappa shape index (κ1) is 22.1. The lowest BCUT2D eigenvalue weighted by molar-refractivity contribution is -0.304. The largest absolute Gasteiger partial charge is 0.507 e. The van der Waals surface area contributed by atoms with Gasteiger partial charge in [-0.25, -0.2) is 0 Å². The van der Waals surface area contributed by atoms with E-state index in [4.69, 9.17) is 9.47 Å². The van der Waals surface area contributed by atoms with E-state index in [0.29, 0.717) is 0 Å². The minimum absolute atomic E-state index is 0.0756. The van der Waals surface area contributed by atoms with Crippen LogP contribution in [-0.2, 0) is 16.1 Å². The molecule has 7 N–H and O–H groups in total. The van der Waals surface area contributed by atoms with Crippen molar-refractivity contribution < 1.29 is 54.8 Å². The van der Waals surface area contributed by atoms with E-state index in [2.05, 4.69) is 0 Å². The fraction of sp³-hybridized carbons (Fsp3) is 0.333. The van der Waals surface area contributed by atoms with Crippen molar-refractivity contribution in [2.45, 2.75) is 37.3 Å². The Morgan fingerprint density at radius 1 is 0.875 bits per heavy atom. The summed E-state index contributed by atoms with van der Waals surface area (Å²) in [5, 5.41) is 69.7. The van der Waals surface area contributed by atoms with Gasteiger partial charge in [0.25, 0.3) is 0 Å². The minimum atomic E-state index is -1.70. The van der Waals surface area contributed by atoms with Gasteiger partial charge in [-0.1, -0.05) is 12.1 Å². The van der Waals surface area contributed by atoms with E-state index in [1.54, 1.807) is 0 Å². The Hall–Kier alpha value is -3.06. The lowest BCUT2D eigenvalue weighted by Gasteiger charge is -2.39. The average molecular weight is 448 g/mol. The van der Waals surface area contributed by atoms with E-state index < -0.39 is 78.3 Å². The molecule has 2 aromatic carbocycles. The molecule has 170 valence electrons. The van der Waals surface area contributed by atoms with Gasteiger partial charge in [0.2, 0.25) is 5.78 Å². The number of rotatable bonds is 4. The molecular weight excluding hydrogens is 428 g/mol. The Morgan fingerprint density at radius 3 is 2.28 bits per heavy atom. The summed E-state index contributed by atoms with van der Waals surface area (Å²) in [6.07, 6.45) is -7.69. The highest BCUT2D eigenvalue weighted by Gasteiger charge is 2.44. The number of aliphatic hydroxyl groups is 4. The molecule has 32 heavy (non-hydrogen) atoms. The van der Waals surface area contributed by atoms with Crippen LogP contribution in [0.5, 0.6) is 17.2 Å². The maximum Gasteiger partial charge on any atom is 0.202 e. The highest BCUT2D eigenvalue weighted by atomic mass is 16.7. The number of carbonyl (C=O) groups excluding carboxylic acids is 2. The molecule has 0 radical (unpaired) electrons. The molecule has 11 heteroatoms. The van der Waals surface area contributed by atoms with Crippen LogP contribution in [0.1, 0.15) is 37.4 Å². The smallest absolute Gasteiger partial charge is 0.202 e. The van der Waals surface area contributed by atoms with Crippen LogP contribution in [0.25, 0.3) is 0 Å². The van der Waals surface area contributed by atoms with Crippen molar-refractivity contribution >= 4 is 11.6 Å². The SMILES string of the molecule is O=C1c2cccc(O)c2C(=O)c2c1cc(COC1OC(CO)C(O)C(O)C1O)c(O)c2O. The van der Waals surface area contributed by atoms with Crippen LogP contribution in [0.3, 0.4) is 0 Å². The van der Waals surface area contributed by atoms with Crippen LogP contribution in [0, 0.1) is 0 Å². The molecule has 1 aliphatic heterocycles. The lowest BCUT2D eigenvalue weighted by Crippen LogP contribution is -2.59. The van der Waals surface area contributed by atoms with Crippen molar-refractivity contribution in [3.05, 3.63) is 52.1 Å². The van der Waals surface area contributed by atoms with Gasteiger partial charge >= 0.3 is 0 Å². The molecular formula is C21H20O11. The number of hydrogen-bond donors (Lipinski definition) is 7. The standard InChI is InChI=1S/C21H20O11/c22-5-11-16(26)19(29)20(30)21(32-11)31-6-7-4-9-13(18(28)14(7)24)17(27)12-8(15(9)25)2-1-3-10(12)23/h1-4,11,16,19-24,26,28-30H,5-6H2. The molecule has 1 fully saturated rings. The van der Waals surface area contributed by atoms with Crippen molar-refractivity contribution in [1.29, 1.82) is 0 Å². The van der Waals surface area contributed by atoms with Crippen molar-refractivity contribution in [3.63, 3.8) is 0 Å². The monoisotopic (exact) mass is 448 g/mol. The van der Waals surface area contributed by atoms with Crippen LogP contribution in [0.15, 0.2) is 24.3 Å². The normalized spacial score (nSPS) is 27.2. The third-order valence-corrected chi connectivity index (χ3v) is 5.59. The maximum absolute atomic E-state index is 12.9. The van der Waals surface area contributed by atoms with Crippen molar-refractivity contribution in [2.75, 3.05) is 6.61 Å². The molecule has 2 aliphatic rings. The zero-order valence-electron chi connectivity index (χ0n) is 16.4. The number of phenols is 3. The van der Waals surface area contributed by atoms with Gasteiger partial charge in [0, 0.05) is 16.7 Å². The Kier molecular flexibility index (Phi) is 5.63. The summed E-state index contributed by atoms with van der Waals surface area (Å²) < 4.78 is 10.6. The quantitative estimate of drug-likeness (QED) is 0.239. The molecule has 2 aromatic rings. The Labute approximate surface area is 180 Å². The first-order valence-electron chi connectivity index (χ1n) is 9.58. The van der Waals surface area contributed by atoms with Crippen LogP contribution < -0.4 is 0 Å². The minimum Gasteiger partial charge on any atom is -0.507 e. The molecule has 1 heterocycles. The van der Waals surface area contributed by atoms with E-state index in [1.165, 1.54) is 18.2 Å². The number of ether oxygens (including phenoxy) is 2. The number of ketones is 2. The fourth-order valence-corrected chi connectivity index (χ4v) is 3.85. The number of benzene rings is 2. The predicted octanol–water partition coefficient (Wildman–Crippen LogP) is -1.10. The molecule has 0 amide bonds. The number of carbonyl (C=O) groups is 2. The first-order valence-corrected chi connectivity index (χ1v) is 9.58. The molecule has 4 rings (SSSR count). The van der Waals surface area contributed by atoms with E-state index in [9.17, 15) is 45.3 Å². The topological polar surface area (TPSA) is 194 Å². The number of phenolic OH excluding ortho intramolecular Hbond substituents is 3. The van der Waals surface area contributed by atoms with Gasteiger partial charge in [0.05, 0.1) is 24.3 Å². The molecule has 0 aromatic heterocycles. The second kappa shape index (κ2) is 8.13. The van der Waals surface area contributed by atoms with Gasteiger partial charge in [-0.15, -0.1) is 0 Å². The van der Waals surface area contributed by atoms with Crippen molar-refractivity contribution in [2.24, 2.45) is 0 Å². The number of hydrogen-bond acceptors (Lipinski definition) is 11. The third kappa shape index (κ3) is 3.32. The van der Waals surface area contributed by atoms with Crippen LogP contribution in [0.2, 0.25) is 0 Å². The summed E-state index contributed by atoms with van der Waals surface area (Å²) >= 11 is 0. The summed E-state index contributed by atoms with van der Waals surface area (Å²) in [6, 6.07) is 5.07. The van der Waals surface area contributed by atoms with Gasteiger partial charge in [-0.2, -0.15) is 0 Å². The second-order valence-corrected chi connectivity index (χ2v) is 7.52. The van der Waals surface area contributed by atoms with E-state index >= 15 is 0 Å². The fourth-order valence-electron chi connectivity index (χ4n) is 3.85. The molecule has 0 saturated carbocycles. The van der Waals surface area contributed by atoms with Crippen LogP contribution in [-0.4, -0.2) is 84.6 Å². The average Bonchev–Trinajstić information content (AvgIpc) is 2.77. The summed E-state index contributed by atoms with van der Waals surface area (Å²) in [5.74, 6) is -3.62. The number of fused-ring (bicyclic) bond motifs is 2. The molecule has 11 nitrogen and oxygen atoms in total. The van der Waals surface area contributed by atoms with Crippen LogP contribution in [0.4, 0.5) is 0 Å². The van der Waals surface area contributed by atoms with Gasteiger partial charge in [0.15, 0.2) is 23.6 Å². The van der Waals surface area contributed by atoms with Crippen LogP contribution >= 0.6 is 0 Å². The molecule has 0 spiro atoms. The Balaban J connectivity index is 1.65. The maximum atomic E-state index is 12.9. The second-order valence-electron chi connectivity index (χ2n) is 7.52. The zero-order valence-corrected chi connectivity index (χ0v) is 16.4. The van der Waals surface area contributed by atoms with Gasteiger partial charge in [-0.3, -0.25) is 9.59 Å².